The van der Waals surface area contributed by atoms with Crippen LogP contribution in [0.3, 0.4) is 0 Å². The van der Waals surface area contributed by atoms with E-state index in [2.05, 4.69) is 12.2 Å². The summed E-state index contributed by atoms with van der Waals surface area (Å²) in [5, 5.41) is 0. The Morgan fingerprint density at radius 2 is 2.40 bits per heavy atom. The minimum Gasteiger partial charge on any atom is -0.373 e. The molecule has 0 aromatic heterocycles. The Bertz CT molecular complexity index is 182. The average molecular weight is 138 g/mol. The molecule has 2 aliphatic heterocycles. The Hall–Kier alpha value is -0.600. The molecule has 2 heterocycles. The van der Waals surface area contributed by atoms with Crippen LogP contribution in [0.5, 0.6) is 0 Å². The van der Waals surface area contributed by atoms with Gasteiger partial charge in [0.1, 0.15) is 0 Å². The molecule has 10 heavy (non-hydrogen) atoms. The summed E-state index contributed by atoms with van der Waals surface area (Å²) in [5.41, 5.74) is 1.27. The molecule has 0 aromatic rings. The molecule has 0 aliphatic carbocycles. The lowest BCUT2D eigenvalue weighted by molar-refractivity contribution is 0.136. The quantitative estimate of drug-likeness (QED) is 0.501. The third-order valence-electron chi connectivity index (χ3n) is 1.78. The Morgan fingerprint density at radius 3 is 3.00 bits per heavy atom. The molecule has 0 N–H and O–H groups in total. The topological polar surface area (TPSA) is 18.5 Å². The second kappa shape index (κ2) is 2.56. The van der Waals surface area contributed by atoms with Gasteiger partial charge in [-0.05, 0) is 5.57 Å². The molecule has 0 amide bonds. The normalized spacial score (nSPS) is 31.2. The van der Waals surface area contributed by atoms with E-state index in [0.717, 1.165) is 19.8 Å². The Balaban J connectivity index is 2.04. The molecule has 2 rings (SSSR count). The van der Waals surface area contributed by atoms with Crippen molar-refractivity contribution in [2.75, 3.05) is 19.8 Å². The van der Waals surface area contributed by atoms with Gasteiger partial charge in [0.15, 0.2) is 0 Å². The monoisotopic (exact) mass is 138 g/mol. The first-order valence-electron chi connectivity index (χ1n) is 3.52. The zero-order valence-electron chi connectivity index (χ0n) is 5.75. The van der Waals surface area contributed by atoms with E-state index in [1.54, 1.807) is 0 Å². The second-order valence-electron chi connectivity index (χ2n) is 2.48. The van der Waals surface area contributed by atoms with Crippen molar-refractivity contribution in [1.29, 1.82) is 0 Å². The lowest BCUT2D eigenvalue weighted by atomic mass is 10.1. The van der Waals surface area contributed by atoms with E-state index in [1.807, 2.05) is 6.08 Å². The van der Waals surface area contributed by atoms with Gasteiger partial charge in [-0.3, -0.25) is 0 Å². The molecular weight excluding hydrogens is 128 g/mol. The molecule has 2 nitrogen and oxygen atoms in total. The van der Waals surface area contributed by atoms with Crippen molar-refractivity contribution in [3.05, 3.63) is 23.8 Å². The van der Waals surface area contributed by atoms with Crippen LogP contribution < -0.4 is 0 Å². The van der Waals surface area contributed by atoms with E-state index in [0.29, 0.717) is 0 Å². The van der Waals surface area contributed by atoms with Crippen LogP contribution in [0.2, 0.25) is 0 Å². The van der Waals surface area contributed by atoms with Crippen LogP contribution in [0.15, 0.2) is 23.8 Å². The molecule has 0 aromatic carbocycles. The fourth-order valence-electron chi connectivity index (χ4n) is 1.22. The van der Waals surface area contributed by atoms with E-state index in [9.17, 15) is 0 Å². The molecule has 1 atom stereocenters. The lowest BCUT2D eigenvalue weighted by Gasteiger charge is -2.07. The van der Waals surface area contributed by atoms with E-state index in [-0.39, 0.29) is 6.10 Å². The average Bonchev–Trinajstić information content (AvgIpc) is 2.59. The number of hydrogen-bond acceptors (Lipinski definition) is 2. The van der Waals surface area contributed by atoms with Gasteiger partial charge in [0.2, 0.25) is 0 Å². The summed E-state index contributed by atoms with van der Waals surface area (Å²) >= 11 is 0. The Morgan fingerprint density at radius 1 is 1.40 bits per heavy atom. The first-order chi connectivity index (χ1) is 4.97. The fourth-order valence-corrected chi connectivity index (χ4v) is 1.22. The number of hydrogen-bond donors (Lipinski definition) is 0. The molecule has 0 radical (unpaired) electrons. The molecule has 0 fully saturated rings. The summed E-state index contributed by atoms with van der Waals surface area (Å²) in [7, 11) is 0. The molecule has 54 valence electrons. The van der Waals surface area contributed by atoms with Crippen molar-refractivity contribution in [3.8, 4) is 0 Å². The van der Waals surface area contributed by atoms with Crippen molar-refractivity contribution in [1.82, 2.24) is 0 Å². The third kappa shape index (κ3) is 1.00. The second-order valence-corrected chi connectivity index (χ2v) is 2.48. The lowest BCUT2D eigenvalue weighted by Crippen LogP contribution is -2.09. The van der Waals surface area contributed by atoms with Crippen LogP contribution in [0.1, 0.15) is 0 Å². The maximum absolute atomic E-state index is 5.38. The van der Waals surface area contributed by atoms with Gasteiger partial charge in [-0.15, -0.1) is 0 Å². The Kier molecular flexibility index (Phi) is 1.57. The SMILES string of the molecule is C1=CC(C2=CCOC2)OC1. The van der Waals surface area contributed by atoms with Gasteiger partial charge in [-0.25, -0.2) is 0 Å². The van der Waals surface area contributed by atoms with Gasteiger partial charge in [0.25, 0.3) is 0 Å². The van der Waals surface area contributed by atoms with Crippen molar-refractivity contribution >= 4 is 0 Å². The maximum atomic E-state index is 5.38. The van der Waals surface area contributed by atoms with Crippen molar-refractivity contribution < 1.29 is 9.47 Å². The van der Waals surface area contributed by atoms with E-state index in [4.69, 9.17) is 9.47 Å². The molecule has 0 saturated carbocycles. The third-order valence-corrected chi connectivity index (χ3v) is 1.78. The van der Waals surface area contributed by atoms with E-state index in [1.165, 1.54) is 5.57 Å². The van der Waals surface area contributed by atoms with Gasteiger partial charge in [-0.2, -0.15) is 0 Å². The summed E-state index contributed by atoms with van der Waals surface area (Å²) < 4.78 is 10.5. The standard InChI is InChI=1S/C8H10O2/c1-2-8(10-4-1)7-3-5-9-6-7/h1-3,8H,4-6H2. The summed E-state index contributed by atoms with van der Waals surface area (Å²) in [4.78, 5) is 0. The minimum atomic E-state index is 0.211. The summed E-state index contributed by atoms with van der Waals surface area (Å²) in [6.45, 7) is 2.25. The van der Waals surface area contributed by atoms with Crippen LogP contribution in [-0.4, -0.2) is 25.9 Å². The fraction of sp³-hybridized carbons (Fsp3) is 0.500. The molecule has 1 unspecified atom stereocenters. The zero-order valence-corrected chi connectivity index (χ0v) is 5.75. The highest BCUT2D eigenvalue weighted by Gasteiger charge is 2.17. The smallest absolute Gasteiger partial charge is 0.0994 e. The molecule has 0 bridgehead atoms. The van der Waals surface area contributed by atoms with E-state index >= 15 is 0 Å². The van der Waals surface area contributed by atoms with Gasteiger partial charge in [0, 0.05) is 0 Å². The largest absolute Gasteiger partial charge is 0.373 e. The highest BCUT2D eigenvalue weighted by molar-refractivity contribution is 5.21. The van der Waals surface area contributed by atoms with Gasteiger partial charge in [-0.1, -0.05) is 18.2 Å². The maximum Gasteiger partial charge on any atom is 0.0994 e. The summed E-state index contributed by atoms with van der Waals surface area (Å²) in [6, 6.07) is 0. The molecule has 2 heteroatoms. The molecule has 0 saturated heterocycles. The van der Waals surface area contributed by atoms with Gasteiger partial charge in [0.05, 0.1) is 25.9 Å². The van der Waals surface area contributed by atoms with Crippen LogP contribution in [0.25, 0.3) is 0 Å². The van der Waals surface area contributed by atoms with Crippen LogP contribution in [0, 0.1) is 0 Å². The van der Waals surface area contributed by atoms with Crippen LogP contribution >= 0.6 is 0 Å². The predicted molar refractivity (Wildman–Crippen MR) is 37.8 cm³/mol. The zero-order chi connectivity index (χ0) is 6.81. The van der Waals surface area contributed by atoms with Crippen LogP contribution in [-0.2, 0) is 9.47 Å². The number of rotatable bonds is 1. The predicted octanol–water partition coefficient (Wildman–Crippen LogP) is 0.898. The molecular formula is C8H10O2. The first kappa shape index (κ1) is 6.13. The van der Waals surface area contributed by atoms with E-state index < -0.39 is 0 Å². The minimum absolute atomic E-state index is 0.211. The summed E-state index contributed by atoms with van der Waals surface area (Å²) in [6.07, 6.45) is 6.44. The van der Waals surface area contributed by atoms with Crippen LogP contribution in [0.4, 0.5) is 0 Å². The highest BCUT2D eigenvalue weighted by atomic mass is 16.5. The van der Waals surface area contributed by atoms with Crippen molar-refractivity contribution in [2.24, 2.45) is 0 Å². The Labute approximate surface area is 60.1 Å². The molecule has 0 spiro atoms. The van der Waals surface area contributed by atoms with Crippen molar-refractivity contribution in [3.63, 3.8) is 0 Å². The van der Waals surface area contributed by atoms with Gasteiger partial charge >= 0.3 is 0 Å². The summed E-state index contributed by atoms with van der Waals surface area (Å²) in [5.74, 6) is 0. The first-order valence-corrected chi connectivity index (χ1v) is 3.52. The number of ether oxygens (including phenoxy) is 2. The highest BCUT2D eigenvalue weighted by Crippen LogP contribution is 2.17. The van der Waals surface area contributed by atoms with Gasteiger partial charge < -0.3 is 9.47 Å². The van der Waals surface area contributed by atoms with Crippen molar-refractivity contribution in [2.45, 2.75) is 6.10 Å². The molecule has 2 aliphatic rings.